The number of benzene rings is 1. The second kappa shape index (κ2) is 7.12. The van der Waals surface area contributed by atoms with E-state index in [1.165, 1.54) is 5.69 Å². The van der Waals surface area contributed by atoms with Crippen LogP contribution in [0.25, 0.3) is 33.4 Å². The van der Waals surface area contributed by atoms with Crippen molar-refractivity contribution in [2.24, 2.45) is 0 Å². The fourth-order valence-corrected chi connectivity index (χ4v) is 3.90. The van der Waals surface area contributed by atoms with Gasteiger partial charge in [0.2, 0.25) is 0 Å². The first-order valence-electron chi connectivity index (χ1n) is 9.00. The van der Waals surface area contributed by atoms with E-state index < -0.39 is 0 Å². The Morgan fingerprint density at radius 2 is 2.14 bits per heavy atom. The van der Waals surface area contributed by atoms with E-state index in [0.717, 1.165) is 58.6 Å². The van der Waals surface area contributed by atoms with E-state index in [1.54, 1.807) is 0 Å². The summed E-state index contributed by atoms with van der Waals surface area (Å²) in [5, 5.41) is 18.8. The van der Waals surface area contributed by atoms with Gasteiger partial charge in [-0.2, -0.15) is 10.4 Å². The van der Waals surface area contributed by atoms with Crippen LogP contribution >= 0.6 is 12.4 Å². The number of aryl methyl sites for hydroxylation is 1. The molecule has 0 saturated carbocycles. The molecule has 0 amide bonds. The molecule has 4 heterocycles. The fraction of sp³-hybridized carbons (Fsp3) is 0.190. The Balaban J connectivity index is 0.00000192. The molecule has 0 fully saturated rings. The zero-order chi connectivity index (χ0) is 18.4. The number of H-pyrrole nitrogens is 1. The lowest BCUT2D eigenvalue weighted by Gasteiger charge is -2.16. The first kappa shape index (κ1) is 18.2. The number of nitrogens with zero attached hydrogens (tertiary/aromatic N) is 4. The molecule has 1 aliphatic rings. The van der Waals surface area contributed by atoms with Crippen molar-refractivity contribution in [2.75, 3.05) is 6.54 Å². The molecule has 0 bridgehead atoms. The molecule has 7 heteroatoms. The van der Waals surface area contributed by atoms with Crippen LogP contribution in [0.3, 0.4) is 0 Å². The highest BCUT2D eigenvalue weighted by atomic mass is 35.5. The van der Waals surface area contributed by atoms with E-state index in [4.69, 9.17) is 5.10 Å². The van der Waals surface area contributed by atoms with Crippen molar-refractivity contribution in [3.8, 4) is 28.5 Å². The van der Waals surface area contributed by atoms with Crippen molar-refractivity contribution in [2.45, 2.75) is 20.0 Å². The molecular weight excluding hydrogens is 372 g/mol. The van der Waals surface area contributed by atoms with E-state index in [1.807, 2.05) is 36.7 Å². The zero-order valence-corrected chi connectivity index (χ0v) is 16.2. The van der Waals surface area contributed by atoms with Gasteiger partial charge in [-0.3, -0.25) is 4.68 Å². The van der Waals surface area contributed by atoms with Crippen LogP contribution in [0.4, 0.5) is 0 Å². The number of hydrogen-bond acceptors (Lipinski definition) is 4. The molecule has 0 spiro atoms. The number of nitriles is 1. The monoisotopic (exact) mass is 390 g/mol. The number of nitrogens with one attached hydrogen (secondary N) is 2. The Labute approximate surface area is 168 Å². The van der Waals surface area contributed by atoms with E-state index in [-0.39, 0.29) is 12.4 Å². The van der Waals surface area contributed by atoms with Crippen molar-refractivity contribution in [1.29, 1.82) is 5.26 Å². The minimum Gasteiger partial charge on any atom is -0.346 e. The number of rotatable bonds is 2. The van der Waals surface area contributed by atoms with E-state index in [2.05, 4.69) is 39.0 Å². The minimum atomic E-state index is 0. The summed E-state index contributed by atoms with van der Waals surface area (Å²) < 4.78 is 2.09. The van der Waals surface area contributed by atoms with Crippen molar-refractivity contribution >= 4 is 23.4 Å². The smallest absolute Gasteiger partial charge is 0.138 e. The van der Waals surface area contributed by atoms with Gasteiger partial charge in [0.25, 0.3) is 0 Å². The predicted molar refractivity (Wildman–Crippen MR) is 111 cm³/mol. The van der Waals surface area contributed by atoms with Gasteiger partial charge in [-0.15, -0.1) is 12.4 Å². The molecule has 140 valence electrons. The van der Waals surface area contributed by atoms with Gasteiger partial charge in [-0.1, -0.05) is 12.1 Å². The summed E-state index contributed by atoms with van der Waals surface area (Å²) >= 11 is 0. The Kier molecular flexibility index (Phi) is 4.63. The van der Waals surface area contributed by atoms with Crippen LogP contribution in [0.2, 0.25) is 0 Å². The van der Waals surface area contributed by atoms with Crippen LogP contribution in [0, 0.1) is 18.3 Å². The third-order valence-electron chi connectivity index (χ3n) is 5.16. The normalized spacial score (nSPS) is 13.0. The first-order valence-corrected chi connectivity index (χ1v) is 9.00. The number of pyridine rings is 1. The second-order valence-electron chi connectivity index (χ2n) is 6.82. The Morgan fingerprint density at radius 1 is 1.25 bits per heavy atom. The molecule has 5 rings (SSSR count). The summed E-state index contributed by atoms with van der Waals surface area (Å²) in [6, 6.07) is 12.0. The van der Waals surface area contributed by atoms with Crippen molar-refractivity contribution in [1.82, 2.24) is 25.1 Å². The Morgan fingerprint density at radius 3 is 3.00 bits per heavy atom. The quantitative estimate of drug-likeness (QED) is 0.545. The van der Waals surface area contributed by atoms with Gasteiger partial charge in [-0.25, -0.2) is 4.98 Å². The first-order chi connectivity index (χ1) is 13.3. The van der Waals surface area contributed by atoms with Gasteiger partial charge in [-0.05, 0) is 36.2 Å². The van der Waals surface area contributed by atoms with Gasteiger partial charge >= 0.3 is 0 Å². The molecule has 28 heavy (non-hydrogen) atoms. The van der Waals surface area contributed by atoms with Crippen LogP contribution in [0.5, 0.6) is 0 Å². The number of fused-ring (bicyclic) bond motifs is 2. The van der Waals surface area contributed by atoms with Crippen molar-refractivity contribution < 1.29 is 0 Å². The largest absolute Gasteiger partial charge is 0.346 e. The molecule has 4 aromatic rings. The van der Waals surface area contributed by atoms with Gasteiger partial charge in [0, 0.05) is 42.0 Å². The summed E-state index contributed by atoms with van der Waals surface area (Å²) in [6.07, 6.45) is 3.83. The predicted octanol–water partition coefficient (Wildman–Crippen LogP) is 3.80. The maximum atomic E-state index is 9.31. The number of hydrogen-bond donors (Lipinski definition) is 2. The molecule has 6 nitrogen and oxygen atoms in total. The van der Waals surface area contributed by atoms with Gasteiger partial charge in [0.1, 0.15) is 11.3 Å². The standard InChI is InChI=1S/C21H18N6.ClH/c1-13-11-25-21-18(13)16(5-6-24-21)19-17-12-23-7-8-27(17)26-20(19)15-4-2-3-14(9-15)10-22;/h2-6,9,11,23H,7-8,12H2,1H3,(H,24,25);1H. The van der Waals surface area contributed by atoms with E-state index in [0.29, 0.717) is 5.56 Å². The third-order valence-corrected chi connectivity index (χ3v) is 5.16. The minimum absolute atomic E-state index is 0. The average molecular weight is 391 g/mol. The highest BCUT2D eigenvalue weighted by Crippen LogP contribution is 2.39. The highest BCUT2D eigenvalue weighted by Gasteiger charge is 2.24. The Bertz CT molecular complexity index is 1210. The molecule has 0 aliphatic carbocycles. The molecule has 0 unspecified atom stereocenters. The summed E-state index contributed by atoms with van der Waals surface area (Å²) in [7, 11) is 0. The average Bonchev–Trinajstić information content (AvgIpc) is 3.29. The van der Waals surface area contributed by atoms with Crippen LogP contribution in [-0.2, 0) is 13.1 Å². The third kappa shape index (κ3) is 2.76. The van der Waals surface area contributed by atoms with Crippen LogP contribution in [-0.4, -0.2) is 26.3 Å². The van der Waals surface area contributed by atoms with Gasteiger partial charge in [0.15, 0.2) is 0 Å². The summed E-state index contributed by atoms with van der Waals surface area (Å²) in [5.41, 5.74) is 7.97. The van der Waals surface area contributed by atoms with Crippen molar-refractivity contribution in [3.05, 3.63) is 59.5 Å². The lowest BCUT2D eigenvalue weighted by molar-refractivity contribution is 0.477. The maximum Gasteiger partial charge on any atom is 0.138 e. The maximum absolute atomic E-state index is 9.31. The summed E-state index contributed by atoms with van der Waals surface area (Å²) in [6.45, 7) is 4.60. The lowest BCUT2D eigenvalue weighted by Crippen LogP contribution is -2.28. The SMILES string of the molecule is Cc1c[nH]c2nccc(-c3c(-c4cccc(C#N)c4)nn4c3CNCC4)c12.Cl. The van der Waals surface area contributed by atoms with Crippen molar-refractivity contribution in [3.63, 3.8) is 0 Å². The second-order valence-corrected chi connectivity index (χ2v) is 6.82. The lowest BCUT2D eigenvalue weighted by atomic mass is 9.95. The Hall–Kier alpha value is -3.14. The molecule has 0 atom stereocenters. The van der Waals surface area contributed by atoms with Crippen LogP contribution in [0.1, 0.15) is 16.8 Å². The van der Waals surface area contributed by atoms with Crippen LogP contribution < -0.4 is 5.32 Å². The van der Waals surface area contributed by atoms with E-state index >= 15 is 0 Å². The number of aromatic nitrogens is 4. The summed E-state index contributed by atoms with van der Waals surface area (Å²) in [4.78, 5) is 7.72. The number of aromatic amines is 1. The molecular formula is C21H19ClN6. The molecule has 1 aliphatic heterocycles. The fourth-order valence-electron chi connectivity index (χ4n) is 3.90. The summed E-state index contributed by atoms with van der Waals surface area (Å²) in [5.74, 6) is 0. The topological polar surface area (TPSA) is 82.3 Å². The zero-order valence-electron chi connectivity index (χ0n) is 15.4. The highest BCUT2D eigenvalue weighted by molar-refractivity contribution is 5.99. The number of halogens is 1. The molecule has 1 aromatic carbocycles. The van der Waals surface area contributed by atoms with Gasteiger partial charge in [0.05, 0.1) is 23.9 Å². The molecule has 3 aromatic heterocycles. The van der Waals surface area contributed by atoms with Crippen LogP contribution in [0.15, 0.2) is 42.7 Å². The molecule has 0 saturated heterocycles. The van der Waals surface area contributed by atoms with E-state index in [9.17, 15) is 5.26 Å². The van der Waals surface area contributed by atoms with Gasteiger partial charge < -0.3 is 10.3 Å². The molecule has 2 N–H and O–H groups in total. The molecule has 0 radical (unpaired) electrons.